The Kier molecular flexibility index (Phi) is 7.15. The number of esters is 1. The second-order valence-electron chi connectivity index (χ2n) is 6.54. The molecule has 1 aromatic heterocycles. The van der Waals surface area contributed by atoms with Crippen LogP contribution in [0.3, 0.4) is 0 Å². The third kappa shape index (κ3) is 4.98. The summed E-state index contributed by atoms with van der Waals surface area (Å²) in [6, 6.07) is 16.1. The van der Waals surface area contributed by atoms with Crippen molar-refractivity contribution in [2.75, 3.05) is 13.2 Å². The maximum absolute atomic E-state index is 15.0. The predicted octanol–water partition coefficient (Wildman–Crippen LogP) is 5.91. The number of carbonyl (C=O) groups is 1. The maximum Gasteiger partial charge on any atom is 0.406 e. The fraction of sp³-hybridized carbons (Fsp3) is 0.273. The molecule has 3 rings (SSSR count). The number of rotatable bonds is 9. The van der Waals surface area contributed by atoms with Crippen molar-refractivity contribution in [2.24, 2.45) is 0 Å². The van der Waals surface area contributed by atoms with Gasteiger partial charge in [0.05, 0.1) is 24.3 Å². The summed E-state index contributed by atoms with van der Waals surface area (Å²) in [6.07, 6.45) is 0. The molecule has 0 saturated heterocycles. The quantitative estimate of drug-likeness (QED) is 0.299. The minimum atomic E-state index is -4.79. The van der Waals surface area contributed by atoms with Gasteiger partial charge in [-0.05, 0) is 37.6 Å². The Morgan fingerprint density at radius 2 is 1.65 bits per heavy atom. The monoisotopic (exact) mass is 449 g/mol. The minimum absolute atomic E-state index is 0.0785. The van der Waals surface area contributed by atoms with E-state index in [1.54, 1.807) is 6.07 Å². The Morgan fingerprint density at radius 3 is 2.29 bits per heavy atom. The molecule has 9 heteroatoms. The molecule has 0 unspecified atom stereocenters. The van der Waals surface area contributed by atoms with Gasteiger partial charge in [0, 0.05) is 5.39 Å². The van der Waals surface area contributed by atoms with Crippen molar-refractivity contribution >= 4 is 24.5 Å². The van der Waals surface area contributed by atoms with Crippen LogP contribution in [0.2, 0.25) is 0 Å². The van der Waals surface area contributed by atoms with Crippen LogP contribution in [0.4, 0.5) is 8.78 Å². The van der Waals surface area contributed by atoms with Crippen LogP contribution in [0.5, 0.6) is 0 Å². The van der Waals surface area contributed by atoms with Gasteiger partial charge in [0.25, 0.3) is 0 Å². The van der Waals surface area contributed by atoms with E-state index in [4.69, 9.17) is 13.8 Å². The van der Waals surface area contributed by atoms with E-state index in [1.165, 1.54) is 32.0 Å². The van der Waals surface area contributed by atoms with Gasteiger partial charge >= 0.3 is 19.2 Å². The number of aromatic nitrogens is 1. The highest BCUT2D eigenvalue weighted by Gasteiger charge is 2.56. The fourth-order valence-corrected chi connectivity index (χ4v) is 4.38. The minimum Gasteiger partial charge on any atom is -0.457 e. The SMILES string of the molecule is CCOP(=O)(OCC)C(F)(F)c1ccc2ccc(C(=O)OCc3ccccc3)cc2n1. The van der Waals surface area contributed by atoms with Crippen molar-refractivity contribution in [3.8, 4) is 0 Å². The van der Waals surface area contributed by atoms with E-state index in [1.807, 2.05) is 30.3 Å². The smallest absolute Gasteiger partial charge is 0.406 e. The first-order chi connectivity index (χ1) is 14.8. The predicted molar refractivity (Wildman–Crippen MR) is 112 cm³/mol. The summed E-state index contributed by atoms with van der Waals surface area (Å²) in [5.74, 6) is -0.612. The first-order valence-corrected chi connectivity index (χ1v) is 11.2. The number of halogens is 2. The van der Waals surface area contributed by atoms with Gasteiger partial charge in [-0.15, -0.1) is 0 Å². The van der Waals surface area contributed by atoms with E-state index >= 15 is 8.78 Å². The highest BCUT2D eigenvalue weighted by atomic mass is 31.2. The van der Waals surface area contributed by atoms with Crippen LogP contribution in [-0.2, 0) is 30.6 Å². The standard InChI is InChI=1S/C22H22F2NO5P/c1-3-29-31(27,30-4-2)22(23,24)20-13-12-17-10-11-18(14-19(17)25-20)21(26)28-15-16-8-6-5-7-9-16/h5-14H,3-4,15H2,1-2H3. The van der Waals surface area contributed by atoms with Gasteiger partial charge in [-0.2, -0.15) is 8.78 Å². The number of hydrogen-bond donors (Lipinski definition) is 0. The van der Waals surface area contributed by atoms with Gasteiger partial charge < -0.3 is 13.8 Å². The molecule has 164 valence electrons. The average Bonchev–Trinajstić information content (AvgIpc) is 2.77. The molecule has 0 aliphatic carbocycles. The van der Waals surface area contributed by atoms with Crippen molar-refractivity contribution in [3.05, 3.63) is 77.5 Å². The highest BCUT2D eigenvalue weighted by molar-refractivity contribution is 7.54. The van der Waals surface area contributed by atoms with Crippen LogP contribution in [0.15, 0.2) is 60.7 Å². The van der Waals surface area contributed by atoms with Gasteiger partial charge in [0.2, 0.25) is 0 Å². The summed E-state index contributed by atoms with van der Waals surface area (Å²) in [5.41, 5.74) is -3.61. The van der Waals surface area contributed by atoms with Crippen LogP contribution in [0, 0.1) is 0 Å². The number of fused-ring (bicyclic) bond motifs is 1. The molecular weight excluding hydrogens is 427 g/mol. The van der Waals surface area contributed by atoms with Crippen molar-refractivity contribution in [3.63, 3.8) is 0 Å². The van der Waals surface area contributed by atoms with Crippen LogP contribution < -0.4 is 0 Å². The van der Waals surface area contributed by atoms with Gasteiger partial charge in [0.15, 0.2) is 0 Å². The van der Waals surface area contributed by atoms with Crippen LogP contribution >= 0.6 is 7.60 Å². The zero-order chi connectivity index (χ0) is 22.5. The number of pyridine rings is 1. The largest absolute Gasteiger partial charge is 0.457 e. The number of carbonyl (C=O) groups excluding carboxylic acids is 1. The zero-order valence-corrected chi connectivity index (χ0v) is 18.0. The lowest BCUT2D eigenvalue weighted by atomic mass is 10.1. The fourth-order valence-electron chi connectivity index (χ4n) is 2.90. The van der Waals surface area contributed by atoms with Crippen LogP contribution in [0.25, 0.3) is 10.9 Å². The summed E-state index contributed by atoms with van der Waals surface area (Å²) in [6.45, 7) is 2.55. The lowest BCUT2D eigenvalue weighted by Crippen LogP contribution is -2.19. The number of hydrogen-bond acceptors (Lipinski definition) is 6. The van der Waals surface area contributed by atoms with Gasteiger partial charge in [-0.3, -0.25) is 4.57 Å². The topological polar surface area (TPSA) is 74.7 Å². The van der Waals surface area contributed by atoms with Gasteiger partial charge in [0.1, 0.15) is 12.3 Å². The number of nitrogens with zero attached hydrogens (tertiary/aromatic N) is 1. The summed E-state index contributed by atoms with van der Waals surface area (Å²) in [5, 5.41) is 0.529. The average molecular weight is 449 g/mol. The van der Waals surface area contributed by atoms with Crippen molar-refractivity contribution in [2.45, 2.75) is 26.1 Å². The molecule has 0 radical (unpaired) electrons. The van der Waals surface area contributed by atoms with E-state index in [9.17, 15) is 9.36 Å². The second-order valence-corrected chi connectivity index (χ2v) is 8.61. The molecule has 1 heterocycles. The molecule has 0 spiro atoms. The Morgan fingerprint density at radius 1 is 1.00 bits per heavy atom. The van der Waals surface area contributed by atoms with Gasteiger partial charge in [-0.25, -0.2) is 9.78 Å². The van der Waals surface area contributed by atoms with E-state index in [0.29, 0.717) is 5.39 Å². The molecular formula is C22H22F2NO5P. The van der Waals surface area contributed by atoms with Gasteiger partial charge in [-0.1, -0.05) is 42.5 Å². The number of benzene rings is 2. The van der Waals surface area contributed by atoms with Crippen molar-refractivity contribution in [1.29, 1.82) is 0 Å². The molecule has 0 aliphatic heterocycles. The number of alkyl halides is 2. The molecule has 31 heavy (non-hydrogen) atoms. The van der Waals surface area contributed by atoms with E-state index in [-0.39, 0.29) is 30.9 Å². The molecule has 0 fully saturated rings. The van der Waals surface area contributed by atoms with Crippen molar-refractivity contribution in [1.82, 2.24) is 4.98 Å². The summed E-state index contributed by atoms with van der Waals surface area (Å²) in [7, 11) is -4.79. The molecule has 2 aromatic carbocycles. The third-order valence-corrected chi connectivity index (χ3v) is 6.50. The summed E-state index contributed by atoms with van der Waals surface area (Å²) in [4.78, 5) is 16.3. The van der Waals surface area contributed by atoms with E-state index < -0.39 is 24.9 Å². The number of ether oxygens (including phenoxy) is 1. The molecule has 0 amide bonds. The lowest BCUT2D eigenvalue weighted by molar-refractivity contribution is 0.0326. The van der Waals surface area contributed by atoms with Crippen LogP contribution in [0.1, 0.15) is 35.5 Å². The molecule has 6 nitrogen and oxygen atoms in total. The van der Waals surface area contributed by atoms with Crippen LogP contribution in [-0.4, -0.2) is 24.2 Å². The van der Waals surface area contributed by atoms with E-state index in [0.717, 1.165) is 11.6 Å². The molecule has 0 N–H and O–H groups in total. The van der Waals surface area contributed by atoms with E-state index in [2.05, 4.69) is 4.98 Å². The Hall–Kier alpha value is -2.67. The Bertz CT molecular complexity index is 1100. The normalized spacial score (nSPS) is 12.1. The molecule has 0 bridgehead atoms. The summed E-state index contributed by atoms with van der Waals surface area (Å²) >= 11 is 0. The van der Waals surface area contributed by atoms with Crippen molar-refractivity contribution < 1.29 is 31.9 Å². The molecule has 3 aromatic rings. The zero-order valence-electron chi connectivity index (χ0n) is 17.1. The second kappa shape index (κ2) is 9.64. The molecule has 0 aliphatic rings. The molecule has 0 atom stereocenters. The molecule has 0 saturated carbocycles. The highest BCUT2D eigenvalue weighted by Crippen LogP contribution is 2.66. The first-order valence-electron chi connectivity index (χ1n) is 9.70. The Balaban J connectivity index is 1.89. The maximum atomic E-state index is 15.0. The lowest BCUT2D eigenvalue weighted by Gasteiger charge is -2.25. The summed E-state index contributed by atoms with van der Waals surface area (Å²) < 4.78 is 57.6. The first kappa shape index (κ1) is 23.0. The Labute approximate surface area is 178 Å². The third-order valence-electron chi connectivity index (χ3n) is 4.39.